The van der Waals surface area contributed by atoms with Crippen molar-refractivity contribution in [3.05, 3.63) is 71.5 Å². The molecule has 31 heavy (non-hydrogen) atoms. The first kappa shape index (κ1) is 20.7. The second-order valence-corrected chi connectivity index (χ2v) is 7.50. The standard InChI is InChI=1S/C22H23ClN8/c1-5-13(2)31-11-19(29-30-31)21(16-7-6-8-25-14(16)3)28-15-9-17-20(18(23)10-15)26-12-27-22(17)24-4/h6-12,21,28H,2,5H2,1,3-4H3,(H,24,26,27). The summed E-state index contributed by atoms with van der Waals surface area (Å²) in [7, 11) is 1.82. The van der Waals surface area contributed by atoms with Gasteiger partial charge in [0.2, 0.25) is 0 Å². The maximum atomic E-state index is 6.55. The number of pyridine rings is 1. The Bertz CT molecular complexity index is 1250. The molecule has 8 nitrogen and oxygen atoms in total. The SMILES string of the molecule is C=C(CC)n1cc(C(Nc2cc(Cl)c3ncnc(NC)c3c2)c2cccnc2C)nn1. The molecule has 0 aliphatic heterocycles. The molecule has 3 aromatic heterocycles. The molecule has 0 aliphatic carbocycles. The second-order valence-electron chi connectivity index (χ2n) is 7.09. The zero-order chi connectivity index (χ0) is 22.0. The number of allylic oxidation sites excluding steroid dienone is 1. The van der Waals surface area contributed by atoms with E-state index in [1.54, 1.807) is 10.9 Å². The molecule has 0 amide bonds. The first-order valence-electron chi connectivity index (χ1n) is 9.92. The van der Waals surface area contributed by atoms with Crippen molar-refractivity contribution in [3.63, 3.8) is 0 Å². The summed E-state index contributed by atoms with van der Waals surface area (Å²) in [6.07, 6.45) is 5.93. The van der Waals surface area contributed by atoms with E-state index in [9.17, 15) is 0 Å². The van der Waals surface area contributed by atoms with Crippen LogP contribution < -0.4 is 10.6 Å². The molecular formula is C22H23ClN8. The van der Waals surface area contributed by atoms with Crippen LogP contribution in [0.1, 0.15) is 36.3 Å². The molecule has 0 saturated carbocycles. The van der Waals surface area contributed by atoms with Crippen LogP contribution in [0.5, 0.6) is 0 Å². The van der Waals surface area contributed by atoms with Gasteiger partial charge in [-0.05, 0) is 31.5 Å². The highest BCUT2D eigenvalue weighted by Gasteiger charge is 2.21. The molecule has 1 unspecified atom stereocenters. The van der Waals surface area contributed by atoms with Gasteiger partial charge in [0.1, 0.15) is 17.8 Å². The van der Waals surface area contributed by atoms with Crippen molar-refractivity contribution in [1.29, 1.82) is 0 Å². The van der Waals surface area contributed by atoms with Gasteiger partial charge >= 0.3 is 0 Å². The van der Waals surface area contributed by atoms with Gasteiger partial charge in [-0.25, -0.2) is 14.6 Å². The number of nitrogens with one attached hydrogen (secondary N) is 2. The summed E-state index contributed by atoms with van der Waals surface area (Å²) in [6.45, 7) is 8.05. The number of aryl methyl sites for hydroxylation is 1. The number of aromatic nitrogens is 6. The third-order valence-electron chi connectivity index (χ3n) is 5.14. The fraction of sp³-hybridized carbons (Fsp3) is 0.227. The van der Waals surface area contributed by atoms with Crippen LogP contribution >= 0.6 is 11.6 Å². The summed E-state index contributed by atoms with van der Waals surface area (Å²) in [5.74, 6) is 0.704. The Balaban J connectivity index is 1.81. The third-order valence-corrected chi connectivity index (χ3v) is 5.43. The molecule has 3 heterocycles. The van der Waals surface area contributed by atoms with Gasteiger partial charge in [-0.1, -0.05) is 36.4 Å². The summed E-state index contributed by atoms with van der Waals surface area (Å²) in [5, 5.41) is 16.7. The summed E-state index contributed by atoms with van der Waals surface area (Å²) in [5.41, 5.74) is 5.00. The van der Waals surface area contributed by atoms with E-state index in [1.165, 1.54) is 6.33 Å². The molecule has 2 N–H and O–H groups in total. The van der Waals surface area contributed by atoms with Crippen LogP contribution in [0, 0.1) is 6.92 Å². The van der Waals surface area contributed by atoms with Crippen LogP contribution in [0.3, 0.4) is 0 Å². The van der Waals surface area contributed by atoms with Crippen molar-refractivity contribution in [2.75, 3.05) is 17.7 Å². The largest absolute Gasteiger partial charge is 0.373 e. The molecule has 1 aromatic carbocycles. The van der Waals surface area contributed by atoms with Gasteiger partial charge in [-0.15, -0.1) is 5.10 Å². The van der Waals surface area contributed by atoms with E-state index in [-0.39, 0.29) is 6.04 Å². The van der Waals surface area contributed by atoms with Crippen LogP contribution in [0.15, 0.2) is 49.6 Å². The molecule has 0 aliphatic rings. The smallest absolute Gasteiger partial charge is 0.137 e. The minimum atomic E-state index is -0.289. The van der Waals surface area contributed by atoms with Crippen molar-refractivity contribution >= 4 is 39.7 Å². The second kappa shape index (κ2) is 8.69. The lowest BCUT2D eigenvalue weighted by molar-refractivity contribution is 0.785. The molecular weight excluding hydrogens is 412 g/mol. The van der Waals surface area contributed by atoms with E-state index in [0.29, 0.717) is 16.4 Å². The zero-order valence-electron chi connectivity index (χ0n) is 17.6. The Morgan fingerprint density at radius 2 is 2.10 bits per heavy atom. The molecule has 0 spiro atoms. The molecule has 1 atom stereocenters. The zero-order valence-corrected chi connectivity index (χ0v) is 18.4. The van der Waals surface area contributed by atoms with Crippen molar-refractivity contribution in [3.8, 4) is 0 Å². The van der Waals surface area contributed by atoms with E-state index >= 15 is 0 Å². The highest BCUT2D eigenvalue weighted by molar-refractivity contribution is 6.35. The number of fused-ring (bicyclic) bond motifs is 1. The van der Waals surface area contributed by atoms with Crippen LogP contribution in [0.2, 0.25) is 5.02 Å². The molecule has 0 saturated heterocycles. The van der Waals surface area contributed by atoms with Gasteiger partial charge in [0.25, 0.3) is 0 Å². The van der Waals surface area contributed by atoms with E-state index in [1.807, 2.05) is 51.4 Å². The molecule has 158 valence electrons. The molecule has 0 bridgehead atoms. The lowest BCUT2D eigenvalue weighted by atomic mass is 10.0. The number of nitrogens with zero attached hydrogens (tertiary/aromatic N) is 6. The number of halogens is 1. The van der Waals surface area contributed by atoms with Crippen LogP contribution in [-0.4, -0.2) is 37.0 Å². The quantitative estimate of drug-likeness (QED) is 0.435. The Hall–Kier alpha value is -3.52. The summed E-state index contributed by atoms with van der Waals surface area (Å²) < 4.78 is 1.70. The lowest BCUT2D eigenvalue weighted by Crippen LogP contribution is -2.15. The number of hydrogen-bond donors (Lipinski definition) is 2. The van der Waals surface area contributed by atoms with Gasteiger partial charge in [-0.3, -0.25) is 4.98 Å². The van der Waals surface area contributed by atoms with Crippen molar-refractivity contribution < 1.29 is 0 Å². The Morgan fingerprint density at radius 1 is 1.26 bits per heavy atom. The van der Waals surface area contributed by atoms with Crippen molar-refractivity contribution in [1.82, 2.24) is 29.9 Å². The normalized spacial score (nSPS) is 12.0. The van der Waals surface area contributed by atoms with E-state index in [4.69, 9.17) is 11.6 Å². The van der Waals surface area contributed by atoms with Gasteiger partial charge in [0.15, 0.2) is 0 Å². The summed E-state index contributed by atoms with van der Waals surface area (Å²) in [4.78, 5) is 13.1. The molecule has 0 radical (unpaired) electrons. The number of rotatable bonds is 7. The molecule has 0 fully saturated rings. The first-order chi connectivity index (χ1) is 15.0. The fourth-order valence-electron chi connectivity index (χ4n) is 3.41. The van der Waals surface area contributed by atoms with E-state index in [0.717, 1.165) is 40.1 Å². The highest BCUT2D eigenvalue weighted by Crippen LogP contribution is 2.33. The Morgan fingerprint density at radius 3 is 2.84 bits per heavy atom. The van der Waals surface area contributed by atoms with Gasteiger partial charge in [0.05, 0.1) is 22.8 Å². The number of hydrogen-bond acceptors (Lipinski definition) is 7. The van der Waals surface area contributed by atoms with Crippen LogP contribution in [0.4, 0.5) is 11.5 Å². The molecule has 4 rings (SSSR count). The minimum Gasteiger partial charge on any atom is -0.373 e. The third kappa shape index (κ3) is 4.06. The number of anilines is 2. The lowest BCUT2D eigenvalue weighted by Gasteiger charge is -2.20. The summed E-state index contributed by atoms with van der Waals surface area (Å²) >= 11 is 6.55. The highest BCUT2D eigenvalue weighted by atomic mass is 35.5. The van der Waals surface area contributed by atoms with Crippen LogP contribution in [-0.2, 0) is 0 Å². The Labute approximate surface area is 185 Å². The van der Waals surface area contributed by atoms with Gasteiger partial charge < -0.3 is 10.6 Å². The van der Waals surface area contributed by atoms with Crippen molar-refractivity contribution in [2.45, 2.75) is 26.3 Å². The topological polar surface area (TPSA) is 93.4 Å². The predicted molar refractivity (Wildman–Crippen MR) is 124 cm³/mol. The predicted octanol–water partition coefficient (Wildman–Crippen LogP) is 4.70. The maximum Gasteiger partial charge on any atom is 0.137 e. The monoisotopic (exact) mass is 434 g/mol. The fourth-order valence-corrected chi connectivity index (χ4v) is 3.68. The average molecular weight is 435 g/mol. The number of benzene rings is 1. The van der Waals surface area contributed by atoms with E-state index < -0.39 is 0 Å². The average Bonchev–Trinajstić information content (AvgIpc) is 3.27. The Kier molecular flexibility index (Phi) is 5.81. The van der Waals surface area contributed by atoms with Crippen molar-refractivity contribution in [2.24, 2.45) is 0 Å². The molecule has 4 aromatic rings. The van der Waals surface area contributed by atoms with Gasteiger partial charge in [-0.2, -0.15) is 0 Å². The molecule has 9 heteroatoms. The van der Waals surface area contributed by atoms with Crippen LogP contribution in [0.25, 0.3) is 16.6 Å². The maximum absolute atomic E-state index is 6.55. The van der Waals surface area contributed by atoms with E-state index in [2.05, 4.69) is 42.5 Å². The first-order valence-corrected chi connectivity index (χ1v) is 10.3. The minimum absolute atomic E-state index is 0.289. The summed E-state index contributed by atoms with van der Waals surface area (Å²) in [6, 6.07) is 7.47. The van der Waals surface area contributed by atoms with Gasteiger partial charge in [0, 0.05) is 41.3 Å².